The fourth-order valence-electron chi connectivity index (χ4n) is 6.31. The highest BCUT2D eigenvalue weighted by molar-refractivity contribution is 6.01. The van der Waals surface area contributed by atoms with Crippen molar-refractivity contribution in [3.8, 4) is 23.7 Å². The smallest absolute Gasteiger partial charge is 0.229 e. The fraction of sp³-hybridized carbons (Fsp3) is 0.289. The maximum Gasteiger partial charge on any atom is 0.229 e. The van der Waals surface area contributed by atoms with Crippen molar-refractivity contribution < 1.29 is 9.59 Å². The van der Waals surface area contributed by atoms with Crippen LogP contribution in [0.3, 0.4) is 0 Å². The molecule has 0 spiro atoms. The number of aromatic nitrogens is 9. The molecule has 264 valence electrons. The van der Waals surface area contributed by atoms with E-state index in [1.54, 1.807) is 60.8 Å². The van der Waals surface area contributed by atoms with Crippen LogP contribution in [0.25, 0.3) is 21.5 Å². The first-order valence-electron chi connectivity index (χ1n) is 17.3. The SMILES string of the molecule is CNc1ncc(C#Cc2cnn(C(C)C3CC3C(=O)Nc3cc4c(C#Cc5ccnn5C)cnc(NC)c4cn3)n2)c2cc(NC(=O)C3CC3)ncc12. The third-order valence-corrected chi connectivity index (χ3v) is 9.61. The predicted molar refractivity (Wildman–Crippen MR) is 200 cm³/mol. The third kappa shape index (κ3) is 6.80. The maximum atomic E-state index is 13.4. The molecule has 0 saturated heterocycles. The van der Waals surface area contributed by atoms with Gasteiger partial charge in [0.1, 0.15) is 29.0 Å². The number of hydrogen-bond acceptors (Lipinski definition) is 11. The summed E-state index contributed by atoms with van der Waals surface area (Å²) in [7, 11) is 5.42. The summed E-state index contributed by atoms with van der Waals surface area (Å²) in [6.45, 7) is 2.00. The molecule has 0 bridgehead atoms. The van der Waals surface area contributed by atoms with Gasteiger partial charge in [-0.15, -0.1) is 5.10 Å². The van der Waals surface area contributed by atoms with Crippen LogP contribution in [-0.2, 0) is 16.6 Å². The van der Waals surface area contributed by atoms with Crippen molar-refractivity contribution >= 4 is 56.6 Å². The van der Waals surface area contributed by atoms with E-state index in [0.29, 0.717) is 46.5 Å². The molecule has 6 aromatic rings. The van der Waals surface area contributed by atoms with Crippen LogP contribution in [0.5, 0.6) is 0 Å². The van der Waals surface area contributed by atoms with Gasteiger partial charge in [0, 0.05) is 79.3 Å². The second kappa shape index (κ2) is 13.7. The number of anilines is 4. The molecule has 15 heteroatoms. The zero-order chi connectivity index (χ0) is 36.6. The molecular formula is C38H35N13O2. The summed E-state index contributed by atoms with van der Waals surface area (Å²) in [5.41, 5.74) is 2.63. The van der Waals surface area contributed by atoms with Gasteiger partial charge >= 0.3 is 0 Å². The van der Waals surface area contributed by atoms with Crippen LogP contribution in [0.4, 0.5) is 23.3 Å². The van der Waals surface area contributed by atoms with E-state index in [9.17, 15) is 9.59 Å². The molecule has 0 radical (unpaired) electrons. The molecule has 2 fully saturated rings. The Morgan fingerprint density at radius 3 is 1.98 bits per heavy atom. The van der Waals surface area contributed by atoms with Gasteiger partial charge in [-0.3, -0.25) is 14.3 Å². The number of nitrogens with one attached hydrogen (secondary N) is 4. The van der Waals surface area contributed by atoms with Crippen LogP contribution < -0.4 is 21.3 Å². The minimum atomic E-state index is -0.219. The molecule has 2 saturated carbocycles. The van der Waals surface area contributed by atoms with Gasteiger partial charge in [-0.2, -0.15) is 15.0 Å². The van der Waals surface area contributed by atoms with Gasteiger partial charge in [0.05, 0.1) is 29.6 Å². The van der Waals surface area contributed by atoms with E-state index in [2.05, 4.69) is 80.2 Å². The molecule has 15 nitrogen and oxygen atoms in total. The second-order valence-electron chi connectivity index (χ2n) is 13.2. The van der Waals surface area contributed by atoms with Crippen molar-refractivity contribution in [3.63, 3.8) is 0 Å². The summed E-state index contributed by atoms with van der Waals surface area (Å²) < 4.78 is 1.70. The Morgan fingerprint density at radius 1 is 0.774 bits per heavy atom. The summed E-state index contributed by atoms with van der Waals surface area (Å²) in [5, 5.41) is 28.6. The van der Waals surface area contributed by atoms with Crippen LogP contribution in [0.1, 0.15) is 54.7 Å². The van der Waals surface area contributed by atoms with E-state index in [1.807, 2.05) is 32.2 Å². The van der Waals surface area contributed by atoms with Crippen LogP contribution in [0.15, 0.2) is 55.4 Å². The first-order valence-corrected chi connectivity index (χ1v) is 17.3. The van der Waals surface area contributed by atoms with Crippen molar-refractivity contribution in [2.24, 2.45) is 24.8 Å². The van der Waals surface area contributed by atoms with Crippen molar-refractivity contribution in [1.29, 1.82) is 0 Å². The lowest BCUT2D eigenvalue weighted by atomic mass is 10.1. The van der Waals surface area contributed by atoms with Crippen molar-refractivity contribution in [3.05, 3.63) is 77.9 Å². The van der Waals surface area contributed by atoms with Gasteiger partial charge in [0.25, 0.3) is 0 Å². The molecule has 4 N–H and O–H groups in total. The first kappa shape index (κ1) is 33.3. The van der Waals surface area contributed by atoms with E-state index in [0.717, 1.165) is 40.1 Å². The van der Waals surface area contributed by atoms with Gasteiger partial charge in [-0.1, -0.05) is 11.8 Å². The monoisotopic (exact) mass is 705 g/mol. The number of rotatable bonds is 8. The van der Waals surface area contributed by atoms with E-state index in [-0.39, 0.29) is 35.6 Å². The van der Waals surface area contributed by atoms with Crippen molar-refractivity contribution in [2.75, 3.05) is 35.4 Å². The van der Waals surface area contributed by atoms with Crippen LogP contribution in [-0.4, -0.2) is 70.6 Å². The molecule has 0 aromatic carbocycles. The van der Waals surface area contributed by atoms with Crippen LogP contribution >= 0.6 is 0 Å². The number of carbonyl (C=O) groups is 2. The van der Waals surface area contributed by atoms with E-state index >= 15 is 0 Å². The van der Waals surface area contributed by atoms with Gasteiger partial charge < -0.3 is 21.3 Å². The molecule has 8 rings (SSSR count). The highest BCUT2D eigenvalue weighted by Gasteiger charge is 2.47. The van der Waals surface area contributed by atoms with Crippen molar-refractivity contribution in [2.45, 2.75) is 32.2 Å². The lowest BCUT2D eigenvalue weighted by molar-refractivity contribution is -0.118. The summed E-state index contributed by atoms with van der Waals surface area (Å²) in [6, 6.07) is 5.36. The average molecular weight is 706 g/mol. The number of carbonyl (C=O) groups excluding carboxylic acids is 2. The number of aryl methyl sites for hydroxylation is 1. The molecule has 2 aliphatic rings. The topological polar surface area (TPSA) is 182 Å². The quantitative estimate of drug-likeness (QED) is 0.168. The van der Waals surface area contributed by atoms with E-state index in [1.165, 1.54) is 0 Å². The second-order valence-corrected chi connectivity index (χ2v) is 13.2. The molecule has 6 aromatic heterocycles. The van der Waals surface area contributed by atoms with E-state index < -0.39 is 0 Å². The fourth-order valence-corrected chi connectivity index (χ4v) is 6.31. The Balaban J connectivity index is 0.959. The van der Waals surface area contributed by atoms with Gasteiger partial charge in [-0.05, 0) is 62.1 Å². The van der Waals surface area contributed by atoms with Gasteiger partial charge in [0.15, 0.2) is 5.69 Å². The zero-order valence-corrected chi connectivity index (χ0v) is 29.5. The molecule has 2 aliphatic carbocycles. The van der Waals surface area contributed by atoms with Crippen LogP contribution in [0, 0.1) is 41.4 Å². The number of amides is 2. The minimum absolute atomic E-state index is 0.0165. The van der Waals surface area contributed by atoms with E-state index in [4.69, 9.17) is 0 Å². The Morgan fingerprint density at radius 2 is 1.40 bits per heavy atom. The minimum Gasteiger partial charge on any atom is -0.373 e. The standard InChI is InChI=1S/C38H35N13O2/c1-21(51-46-18-25(49-51)9-7-23-16-43-35(39-2)31-19-41-33(14-28(23)31)47-37(52)22-5-6-22)27-13-30(27)38(53)48-34-15-29-24(8-10-26-11-12-45-50(26)4)17-44-36(40-3)32(29)20-42-34/h11-12,14-22,27,30H,5-6,13H2,1-4H3,(H,39,43)(H,40,44)(H,41,47,52)(H,42,48,53). The average Bonchev–Trinajstić information content (AvgIpc) is 4.09. The molecule has 2 amide bonds. The molecular weight excluding hydrogens is 671 g/mol. The molecule has 3 unspecified atom stereocenters. The lowest BCUT2D eigenvalue weighted by Crippen LogP contribution is -2.19. The molecule has 6 heterocycles. The highest BCUT2D eigenvalue weighted by atomic mass is 16.2. The summed E-state index contributed by atoms with van der Waals surface area (Å²) in [6.07, 6.45) is 12.6. The van der Waals surface area contributed by atoms with Gasteiger partial charge in [-0.25, -0.2) is 19.9 Å². The Kier molecular flexibility index (Phi) is 8.60. The molecule has 53 heavy (non-hydrogen) atoms. The van der Waals surface area contributed by atoms with Crippen molar-refractivity contribution in [1.82, 2.24) is 44.7 Å². The Hall–Kier alpha value is -6.87. The zero-order valence-electron chi connectivity index (χ0n) is 29.5. The normalized spacial score (nSPS) is 16.5. The number of pyridine rings is 4. The maximum absolute atomic E-state index is 13.4. The highest BCUT2D eigenvalue weighted by Crippen LogP contribution is 2.46. The summed E-state index contributed by atoms with van der Waals surface area (Å²) >= 11 is 0. The first-order chi connectivity index (χ1) is 25.8. The number of nitrogens with zero attached hydrogens (tertiary/aromatic N) is 9. The Labute approximate surface area is 304 Å². The summed E-state index contributed by atoms with van der Waals surface area (Å²) in [4.78, 5) is 45.3. The predicted octanol–water partition coefficient (Wildman–Crippen LogP) is 3.97. The molecule has 3 atom stereocenters. The van der Waals surface area contributed by atoms with Crippen LogP contribution in [0.2, 0.25) is 0 Å². The third-order valence-electron chi connectivity index (χ3n) is 9.61. The largest absolute Gasteiger partial charge is 0.373 e. The summed E-state index contributed by atoms with van der Waals surface area (Å²) in [5.74, 6) is 14.6. The molecule has 0 aliphatic heterocycles. The Bertz CT molecular complexity index is 2550. The van der Waals surface area contributed by atoms with Gasteiger partial charge in [0.2, 0.25) is 11.8 Å². The lowest BCUT2D eigenvalue weighted by Gasteiger charge is -2.11. The number of hydrogen-bond donors (Lipinski definition) is 4. The number of fused-ring (bicyclic) bond motifs is 2.